The summed E-state index contributed by atoms with van der Waals surface area (Å²) in [6.07, 6.45) is 1.83. The molecule has 0 spiro atoms. The van der Waals surface area contributed by atoms with Gasteiger partial charge in [0.05, 0.1) is 0 Å². The molecule has 6 nitrogen and oxygen atoms in total. The molecule has 2 rings (SSSR count). The van der Waals surface area contributed by atoms with E-state index in [1.54, 1.807) is 11.9 Å². The van der Waals surface area contributed by atoms with E-state index in [1.807, 2.05) is 39.8 Å². The molecule has 6 heteroatoms. The van der Waals surface area contributed by atoms with Gasteiger partial charge in [-0.05, 0) is 58.1 Å². The standard InChI is InChI=1S/C19H28N4O2/c1-14-8-9-17(21-16(14)11-20)23-10-6-7-15(13-23)12-22(5)18(24)25-19(2,3)4/h8-9,15H,6-7,10,12-13H2,1-5H3. The number of hydrogen-bond acceptors (Lipinski definition) is 5. The van der Waals surface area contributed by atoms with Gasteiger partial charge in [0.2, 0.25) is 0 Å². The summed E-state index contributed by atoms with van der Waals surface area (Å²) in [5.74, 6) is 1.20. The summed E-state index contributed by atoms with van der Waals surface area (Å²) in [4.78, 5) is 20.5. The van der Waals surface area contributed by atoms with Crippen LogP contribution in [0.15, 0.2) is 12.1 Å². The number of nitriles is 1. The number of piperidine rings is 1. The minimum atomic E-state index is -0.483. The van der Waals surface area contributed by atoms with Gasteiger partial charge in [-0.25, -0.2) is 9.78 Å². The van der Waals surface area contributed by atoms with Gasteiger partial charge in [-0.1, -0.05) is 6.07 Å². The number of anilines is 1. The second kappa shape index (κ2) is 7.73. The quantitative estimate of drug-likeness (QED) is 0.841. The molecule has 2 heterocycles. The smallest absolute Gasteiger partial charge is 0.410 e. The fourth-order valence-electron chi connectivity index (χ4n) is 3.03. The summed E-state index contributed by atoms with van der Waals surface area (Å²) in [6.45, 7) is 9.92. The number of ether oxygens (including phenoxy) is 1. The van der Waals surface area contributed by atoms with Crippen molar-refractivity contribution in [2.75, 3.05) is 31.6 Å². The lowest BCUT2D eigenvalue weighted by Gasteiger charge is -2.35. The van der Waals surface area contributed by atoms with Gasteiger partial charge >= 0.3 is 6.09 Å². The van der Waals surface area contributed by atoms with Crippen LogP contribution in [0.3, 0.4) is 0 Å². The summed E-state index contributed by atoms with van der Waals surface area (Å²) in [5, 5.41) is 9.18. The van der Waals surface area contributed by atoms with Crippen molar-refractivity contribution in [2.24, 2.45) is 5.92 Å². The Kier molecular flexibility index (Phi) is 5.89. The molecule has 1 aromatic heterocycles. The second-order valence-corrected chi connectivity index (χ2v) is 7.76. The molecule has 1 amide bonds. The Morgan fingerprint density at radius 1 is 1.48 bits per heavy atom. The van der Waals surface area contributed by atoms with Crippen LogP contribution in [0.25, 0.3) is 0 Å². The summed E-state index contributed by atoms with van der Waals surface area (Å²) >= 11 is 0. The normalized spacial score (nSPS) is 17.8. The number of rotatable bonds is 3. The third kappa shape index (κ3) is 5.35. The third-order valence-corrected chi connectivity index (χ3v) is 4.27. The Morgan fingerprint density at radius 3 is 2.84 bits per heavy atom. The molecular weight excluding hydrogens is 316 g/mol. The minimum absolute atomic E-state index is 0.287. The number of nitrogens with zero attached hydrogens (tertiary/aromatic N) is 4. The number of carbonyl (C=O) groups excluding carboxylic acids is 1. The number of aromatic nitrogens is 1. The number of pyridine rings is 1. The minimum Gasteiger partial charge on any atom is -0.444 e. The zero-order valence-electron chi connectivity index (χ0n) is 15.9. The largest absolute Gasteiger partial charge is 0.444 e. The van der Waals surface area contributed by atoms with Crippen LogP contribution in [0.2, 0.25) is 0 Å². The van der Waals surface area contributed by atoms with Gasteiger partial charge in [-0.15, -0.1) is 0 Å². The van der Waals surface area contributed by atoms with Crippen molar-refractivity contribution >= 4 is 11.9 Å². The van der Waals surface area contributed by atoms with Gasteiger partial charge in [-0.2, -0.15) is 5.26 Å². The van der Waals surface area contributed by atoms with Crippen molar-refractivity contribution in [1.82, 2.24) is 9.88 Å². The first-order valence-electron chi connectivity index (χ1n) is 8.76. The predicted molar refractivity (Wildman–Crippen MR) is 97.5 cm³/mol. The monoisotopic (exact) mass is 344 g/mol. The van der Waals surface area contributed by atoms with E-state index in [2.05, 4.69) is 16.0 Å². The first kappa shape index (κ1) is 19.0. The molecule has 1 unspecified atom stereocenters. The first-order chi connectivity index (χ1) is 11.7. The van der Waals surface area contributed by atoms with Crippen LogP contribution in [0.5, 0.6) is 0 Å². The molecule has 1 atom stereocenters. The molecule has 1 saturated heterocycles. The summed E-state index contributed by atoms with van der Waals surface area (Å²) in [5.41, 5.74) is 0.888. The molecular formula is C19H28N4O2. The van der Waals surface area contributed by atoms with Crippen LogP contribution in [0.4, 0.5) is 10.6 Å². The highest BCUT2D eigenvalue weighted by Crippen LogP contribution is 2.23. The number of aryl methyl sites for hydroxylation is 1. The molecule has 1 aromatic rings. The van der Waals surface area contributed by atoms with E-state index in [0.717, 1.165) is 37.3 Å². The third-order valence-electron chi connectivity index (χ3n) is 4.27. The van der Waals surface area contributed by atoms with Gasteiger partial charge in [0.25, 0.3) is 0 Å². The number of carbonyl (C=O) groups is 1. The Hall–Kier alpha value is -2.29. The van der Waals surface area contributed by atoms with Gasteiger partial charge in [0, 0.05) is 26.7 Å². The lowest BCUT2D eigenvalue weighted by molar-refractivity contribution is 0.0269. The van der Waals surface area contributed by atoms with E-state index < -0.39 is 5.60 Å². The fourth-order valence-corrected chi connectivity index (χ4v) is 3.03. The van der Waals surface area contributed by atoms with E-state index in [1.165, 1.54) is 0 Å². The summed E-state index contributed by atoms with van der Waals surface area (Å²) < 4.78 is 5.42. The molecule has 0 saturated carbocycles. The highest BCUT2D eigenvalue weighted by Gasteiger charge is 2.26. The van der Waals surface area contributed by atoms with E-state index in [0.29, 0.717) is 18.2 Å². The van der Waals surface area contributed by atoms with Crippen LogP contribution in [0, 0.1) is 24.2 Å². The maximum atomic E-state index is 12.1. The Bertz CT molecular complexity index is 660. The van der Waals surface area contributed by atoms with Gasteiger partial charge < -0.3 is 14.5 Å². The molecule has 1 aliphatic heterocycles. The highest BCUT2D eigenvalue weighted by molar-refractivity contribution is 5.67. The Labute approximate surface area is 150 Å². The Balaban J connectivity index is 1.99. The summed E-state index contributed by atoms with van der Waals surface area (Å²) in [7, 11) is 1.78. The molecule has 0 bridgehead atoms. The number of amides is 1. The van der Waals surface area contributed by atoms with Crippen molar-refractivity contribution in [3.05, 3.63) is 23.4 Å². The average Bonchev–Trinajstić information content (AvgIpc) is 2.54. The lowest BCUT2D eigenvalue weighted by atomic mass is 9.97. The zero-order valence-corrected chi connectivity index (χ0v) is 15.9. The first-order valence-corrected chi connectivity index (χ1v) is 8.76. The van der Waals surface area contributed by atoms with Crippen molar-refractivity contribution < 1.29 is 9.53 Å². The fraction of sp³-hybridized carbons (Fsp3) is 0.632. The molecule has 136 valence electrons. The van der Waals surface area contributed by atoms with Crippen molar-refractivity contribution in [3.63, 3.8) is 0 Å². The van der Waals surface area contributed by atoms with E-state index >= 15 is 0 Å². The lowest BCUT2D eigenvalue weighted by Crippen LogP contribution is -2.43. The molecule has 0 radical (unpaired) electrons. The van der Waals surface area contributed by atoms with E-state index in [9.17, 15) is 10.1 Å². The number of hydrogen-bond donors (Lipinski definition) is 0. The molecule has 0 aliphatic carbocycles. The van der Waals surface area contributed by atoms with Gasteiger partial charge in [0.15, 0.2) is 0 Å². The summed E-state index contributed by atoms with van der Waals surface area (Å²) in [6, 6.07) is 6.06. The maximum absolute atomic E-state index is 12.1. The van der Waals surface area contributed by atoms with E-state index in [-0.39, 0.29) is 6.09 Å². The molecule has 1 aliphatic rings. The molecule has 0 N–H and O–H groups in total. The SMILES string of the molecule is Cc1ccc(N2CCCC(CN(C)C(=O)OC(C)(C)C)C2)nc1C#N. The average molecular weight is 344 g/mol. The predicted octanol–water partition coefficient (Wildman–Crippen LogP) is 3.35. The molecule has 25 heavy (non-hydrogen) atoms. The topological polar surface area (TPSA) is 69.5 Å². The molecule has 1 fully saturated rings. The van der Waals surface area contributed by atoms with Crippen molar-refractivity contribution in [2.45, 2.75) is 46.1 Å². The Morgan fingerprint density at radius 2 is 2.20 bits per heavy atom. The molecule has 0 aromatic carbocycles. The van der Waals surface area contributed by atoms with Crippen LogP contribution >= 0.6 is 0 Å². The van der Waals surface area contributed by atoms with Crippen molar-refractivity contribution in [3.8, 4) is 6.07 Å². The van der Waals surface area contributed by atoms with Crippen LogP contribution in [0.1, 0.15) is 44.9 Å². The zero-order chi connectivity index (χ0) is 18.6. The van der Waals surface area contributed by atoms with Gasteiger partial charge in [-0.3, -0.25) is 0 Å². The van der Waals surface area contributed by atoms with Crippen LogP contribution in [-0.4, -0.2) is 48.3 Å². The second-order valence-electron chi connectivity index (χ2n) is 7.76. The maximum Gasteiger partial charge on any atom is 0.410 e. The van der Waals surface area contributed by atoms with Gasteiger partial charge in [0.1, 0.15) is 23.2 Å². The van der Waals surface area contributed by atoms with Crippen LogP contribution in [-0.2, 0) is 4.74 Å². The van der Waals surface area contributed by atoms with E-state index in [4.69, 9.17) is 4.74 Å². The highest BCUT2D eigenvalue weighted by atomic mass is 16.6. The van der Waals surface area contributed by atoms with Crippen LogP contribution < -0.4 is 4.90 Å². The van der Waals surface area contributed by atoms with Crippen molar-refractivity contribution in [1.29, 1.82) is 5.26 Å².